The van der Waals surface area contributed by atoms with E-state index >= 15 is 0 Å². The van der Waals surface area contributed by atoms with Crippen molar-refractivity contribution in [3.8, 4) is 0 Å². The minimum atomic E-state index is -0.551. The second kappa shape index (κ2) is 6.65. The van der Waals surface area contributed by atoms with Crippen LogP contribution in [0.2, 0.25) is 0 Å². The zero-order chi connectivity index (χ0) is 13.5. The minimum absolute atomic E-state index is 0.177. The van der Waals surface area contributed by atoms with E-state index in [1.807, 2.05) is 30.3 Å². The molecule has 0 spiro atoms. The van der Waals surface area contributed by atoms with Gasteiger partial charge < -0.3 is 15.6 Å². The van der Waals surface area contributed by atoms with E-state index in [4.69, 9.17) is 10.3 Å². The Bertz CT molecular complexity index is 499. The van der Waals surface area contributed by atoms with E-state index in [0.717, 1.165) is 5.56 Å². The zero-order valence-electron chi connectivity index (χ0n) is 10.5. The van der Waals surface area contributed by atoms with Crippen LogP contribution in [0.4, 0.5) is 0 Å². The molecule has 0 aliphatic carbocycles. The number of hydrogen-bond donors (Lipinski definition) is 2. The first-order valence-electron chi connectivity index (χ1n) is 6.08. The molecule has 19 heavy (non-hydrogen) atoms. The number of nitrogens with one attached hydrogen (secondary N) is 1. The van der Waals surface area contributed by atoms with Crippen LogP contribution in [0.3, 0.4) is 0 Å². The van der Waals surface area contributed by atoms with Crippen molar-refractivity contribution in [3.63, 3.8) is 0 Å². The number of nitrogens with zero attached hydrogens (tertiary/aromatic N) is 2. The van der Waals surface area contributed by atoms with Gasteiger partial charge in [0.05, 0.1) is 6.04 Å². The molecule has 0 saturated carbocycles. The maximum Gasteiger partial charge on any atom is 0.237 e. The lowest BCUT2D eigenvalue weighted by molar-refractivity contribution is -0.122. The molecule has 0 unspecified atom stereocenters. The van der Waals surface area contributed by atoms with Crippen LogP contribution in [-0.2, 0) is 17.6 Å². The lowest BCUT2D eigenvalue weighted by atomic mass is 10.1. The molecule has 1 heterocycles. The molecule has 2 rings (SSSR count). The smallest absolute Gasteiger partial charge is 0.237 e. The molecule has 0 saturated heterocycles. The zero-order valence-corrected chi connectivity index (χ0v) is 10.5. The molecular weight excluding hydrogens is 244 g/mol. The van der Waals surface area contributed by atoms with Gasteiger partial charge in [0.15, 0.2) is 6.33 Å². The molecule has 1 aromatic carbocycles. The Hall–Kier alpha value is -2.21. The monoisotopic (exact) mass is 260 g/mol. The summed E-state index contributed by atoms with van der Waals surface area (Å²) in [6, 6.07) is 9.13. The van der Waals surface area contributed by atoms with Crippen LogP contribution in [0, 0.1) is 0 Å². The minimum Gasteiger partial charge on any atom is -0.354 e. The SMILES string of the molecule is N[C@H](Cc1ccccc1)C(=O)NCCc1ncno1. The summed E-state index contributed by atoms with van der Waals surface area (Å²) in [7, 11) is 0. The van der Waals surface area contributed by atoms with E-state index in [1.165, 1.54) is 6.33 Å². The number of carbonyl (C=O) groups excluding carboxylic acids is 1. The summed E-state index contributed by atoms with van der Waals surface area (Å²) in [5, 5.41) is 6.24. The molecule has 6 nitrogen and oxygen atoms in total. The largest absolute Gasteiger partial charge is 0.354 e. The van der Waals surface area contributed by atoms with Crippen molar-refractivity contribution in [3.05, 3.63) is 48.1 Å². The molecule has 1 aromatic heterocycles. The Morgan fingerprint density at radius 2 is 2.16 bits per heavy atom. The fourth-order valence-electron chi connectivity index (χ4n) is 1.69. The fourth-order valence-corrected chi connectivity index (χ4v) is 1.69. The summed E-state index contributed by atoms with van der Waals surface area (Å²) in [4.78, 5) is 15.6. The summed E-state index contributed by atoms with van der Waals surface area (Å²) >= 11 is 0. The lowest BCUT2D eigenvalue weighted by Crippen LogP contribution is -2.42. The number of hydrogen-bond acceptors (Lipinski definition) is 5. The molecule has 1 amide bonds. The number of aromatic nitrogens is 2. The second-order valence-corrected chi connectivity index (χ2v) is 4.17. The van der Waals surface area contributed by atoms with Crippen LogP contribution in [0.5, 0.6) is 0 Å². The van der Waals surface area contributed by atoms with Crippen molar-refractivity contribution >= 4 is 5.91 Å². The lowest BCUT2D eigenvalue weighted by Gasteiger charge is -2.11. The third-order valence-corrected chi connectivity index (χ3v) is 2.68. The second-order valence-electron chi connectivity index (χ2n) is 4.17. The number of rotatable bonds is 6. The standard InChI is InChI=1S/C13H16N4O2/c14-11(8-10-4-2-1-3-5-10)13(18)15-7-6-12-16-9-17-19-12/h1-5,9,11H,6-8,14H2,(H,15,18)/t11-/m1/s1. The highest BCUT2D eigenvalue weighted by Gasteiger charge is 2.13. The van der Waals surface area contributed by atoms with Crippen molar-refractivity contribution in [2.45, 2.75) is 18.9 Å². The Balaban J connectivity index is 1.73. The van der Waals surface area contributed by atoms with Gasteiger partial charge in [-0.1, -0.05) is 35.5 Å². The summed E-state index contributed by atoms with van der Waals surface area (Å²) in [5.41, 5.74) is 6.89. The molecular formula is C13H16N4O2. The highest BCUT2D eigenvalue weighted by atomic mass is 16.5. The van der Waals surface area contributed by atoms with E-state index in [1.54, 1.807) is 0 Å². The van der Waals surface area contributed by atoms with E-state index in [9.17, 15) is 4.79 Å². The first kappa shape index (κ1) is 13.2. The average Bonchev–Trinajstić information content (AvgIpc) is 2.93. The number of nitrogens with two attached hydrogens (primary N) is 1. The highest BCUT2D eigenvalue weighted by Crippen LogP contribution is 2.01. The first-order valence-corrected chi connectivity index (χ1v) is 6.08. The number of benzene rings is 1. The number of amides is 1. The Labute approximate surface area is 111 Å². The predicted octanol–water partition coefficient (Wildman–Crippen LogP) is 0.298. The van der Waals surface area contributed by atoms with Crippen molar-refractivity contribution in [2.24, 2.45) is 5.73 Å². The van der Waals surface area contributed by atoms with Crippen LogP contribution in [0.15, 0.2) is 41.2 Å². The van der Waals surface area contributed by atoms with Crippen molar-refractivity contribution in [1.82, 2.24) is 15.5 Å². The molecule has 6 heteroatoms. The van der Waals surface area contributed by atoms with Crippen LogP contribution in [-0.4, -0.2) is 28.6 Å². The van der Waals surface area contributed by atoms with Crippen molar-refractivity contribution in [1.29, 1.82) is 0 Å². The van der Waals surface area contributed by atoms with Gasteiger partial charge in [0.2, 0.25) is 11.8 Å². The van der Waals surface area contributed by atoms with E-state index in [2.05, 4.69) is 15.5 Å². The van der Waals surface area contributed by atoms with Gasteiger partial charge in [-0.25, -0.2) is 0 Å². The van der Waals surface area contributed by atoms with Gasteiger partial charge in [-0.15, -0.1) is 0 Å². The molecule has 100 valence electrons. The Morgan fingerprint density at radius 1 is 1.37 bits per heavy atom. The van der Waals surface area contributed by atoms with E-state index in [0.29, 0.717) is 25.3 Å². The average molecular weight is 260 g/mol. The molecule has 0 radical (unpaired) electrons. The van der Waals surface area contributed by atoms with Crippen molar-refractivity contribution < 1.29 is 9.32 Å². The summed E-state index contributed by atoms with van der Waals surface area (Å²) in [5.74, 6) is 0.320. The Kier molecular flexibility index (Phi) is 4.63. The fraction of sp³-hybridized carbons (Fsp3) is 0.308. The van der Waals surface area contributed by atoms with Gasteiger partial charge in [-0.3, -0.25) is 4.79 Å². The first-order chi connectivity index (χ1) is 9.25. The molecule has 0 bridgehead atoms. The molecule has 1 atom stereocenters. The summed E-state index contributed by atoms with van der Waals surface area (Å²) < 4.78 is 4.83. The van der Waals surface area contributed by atoms with E-state index in [-0.39, 0.29) is 5.91 Å². The normalized spacial score (nSPS) is 12.1. The summed E-state index contributed by atoms with van der Waals surface area (Å²) in [6.07, 6.45) is 2.36. The van der Waals surface area contributed by atoms with Gasteiger partial charge in [-0.05, 0) is 12.0 Å². The molecule has 0 fully saturated rings. The van der Waals surface area contributed by atoms with E-state index < -0.39 is 6.04 Å². The maximum absolute atomic E-state index is 11.8. The number of carbonyl (C=O) groups is 1. The maximum atomic E-state index is 11.8. The van der Waals surface area contributed by atoms with Gasteiger partial charge in [-0.2, -0.15) is 4.98 Å². The van der Waals surface area contributed by atoms with Crippen LogP contribution >= 0.6 is 0 Å². The molecule has 0 aliphatic heterocycles. The topological polar surface area (TPSA) is 94.0 Å². The third-order valence-electron chi connectivity index (χ3n) is 2.68. The van der Waals surface area contributed by atoms with Crippen LogP contribution < -0.4 is 11.1 Å². The van der Waals surface area contributed by atoms with Gasteiger partial charge >= 0.3 is 0 Å². The van der Waals surface area contributed by atoms with Gasteiger partial charge in [0.25, 0.3) is 0 Å². The third kappa shape index (κ3) is 4.18. The molecule has 0 aliphatic rings. The van der Waals surface area contributed by atoms with Gasteiger partial charge in [0.1, 0.15) is 0 Å². The highest BCUT2D eigenvalue weighted by molar-refractivity contribution is 5.81. The quantitative estimate of drug-likeness (QED) is 0.779. The Morgan fingerprint density at radius 3 is 2.84 bits per heavy atom. The van der Waals surface area contributed by atoms with Crippen LogP contribution in [0.25, 0.3) is 0 Å². The van der Waals surface area contributed by atoms with Gasteiger partial charge in [0, 0.05) is 13.0 Å². The predicted molar refractivity (Wildman–Crippen MR) is 69.1 cm³/mol. The van der Waals surface area contributed by atoms with Crippen molar-refractivity contribution in [2.75, 3.05) is 6.54 Å². The van der Waals surface area contributed by atoms with Crippen LogP contribution in [0.1, 0.15) is 11.5 Å². The summed E-state index contributed by atoms with van der Waals surface area (Å²) in [6.45, 7) is 0.434. The molecule has 2 aromatic rings. The molecule has 3 N–H and O–H groups in total.